The number of aromatic nitrogens is 2. The van der Waals surface area contributed by atoms with E-state index in [-0.39, 0.29) is 22.8 Å². The Labute approximate surface area is 234 Å². The highest BCUT2D eigenvalue weighted by atomic mass is 35.5. The molecule has 1 saturated heterocycles. The minimum atomic E-state index is -0.267. The SMILES string of the molecule is COc1cc(N2CCN(C)CC2)ccc1Nc1ncc(Cl)c(Oc2ccccc2NC(=O)/C=C/CN(C)C)n1. The van der Waals surface area contributed by atoms with Crippen LogP contribution < -0.4 is 25.0 Å². The molecule has 0 aliphatic carbocycles. The van der Waals surface area contributed by atoms with Gasteiger partial charge in [0.2, 0.25) is 17.7 Å². The Morgan fingerprint density at radius 2 is 1.87 bits per heavy atom. The van der Waals surface area contributed by atoms with E-state index >= 15 is 0 Å². The second-order valence-electron chi connectivity index (χ2n) is 9.40. The van der Waals surface area contributed by atoms with Crippen LogP contribution in [0.25, 0.3) is 0 Å². The number of methoxy groups -OCH3 is 1. The van der Waals surface area contributed by atoms with E-state index in [1.54, 1.807) is 37.5 Å². The Morgan fingerprint density at radius 3 is 2.62 bits per heavy atom. The van der Waals surface area contributed by atoms with E-state index in [9.17, 15) is 4.79 Å². The first-order valence-electron chi connectivity index (χ1n) is 12.6. The summed E-state index contributed by atoms with van der Waals surface area (Å²) in [5, 5.41) is 6.26. The van der Waals surface area contributed by atoms with Gasteiger partial charge in [0.05, 0.1) is 24.7 Å². The number of nitrogens with one attached hydrogen (secondary N) is 2. The van der Waals surface area contributed by atoms with E-state index in [0.29, 0.717) is 29.4 Å². The lowest BCUT2D eigenvalue weighted by Gasteiger charge is -2.34. The normalized spacial score (nSPS) is 14.1. The molecule has 1 amide bonds. The lowest BCUT2D eigenvalue weighted by atomic mass is 10.2. The molecule has 10 nitrogen and oxygen atoms in total. The molecule has 2 aromatic carbocycles. The predicted octanol–water partition coefficient (Wildman–Crippen LogP) is 4.48. The molecular formula is C28H34ClN7O3. The van der Waals surface area contributed by atoms with Crippen LogP contribution in [0.5, 0.6) is 17.4 Å². The molecule has 0 atom stereocenters. The highest BCUT2D eigenvalue weighted by Crippen LogP contribution is 2.35. The van der Waals surface area contributed by atoms with Gasteiger partial charge in [0, 0.05) is 50.6 Å². The lowest BCUT2D eigenvalue weighted by molar-refractivity contribution is -0.111. The van der Waals surface area contributed by atoms with Gasteiger partial charge in [-0.25, -0.2) is 4.98 Å². The van der Waals surface area contributed by atoms with Gasteiger partial charge in [-0.3, -0.25) is 4.79 Å². The Kier molecular flexibility index (Phi) is 9.59. The van der Waals surface area contributed by atoms with E-state index in [1.807, 2.05) is 31.1 Å². The van der Waals surface area contributed by atoms with E-state index < -0.39 is 0 Å². The van der Waals surface area contributed by atoms with Crippen LogP contribution in [0.1, 0.15) is 0 Å². The average Bonchev–Trinajstić information content (AvgIpc) is 2.92. The van der Waals surface area contributed by atoms with Crippen molar-refractivity contribution in [1.82, 2.24) is 19.8 Å². The van der Waals surface area contributed by atoms with Gasteiger partial charge < -0.3 is 34.8 Å². The number of rotatable bonds is 10. The molecule has 11 heteroatoms. The highest BCUT2D eigenvalue weighted by Gasteiger charge is 2.17. The number of carbonyl (C=O) groups excluding carboxylic acids is 1. The van der Waals surface area contributed by atoms with Crippen LogP contribution in [0.4, 0.5) is 23.0 Å². The van der Waals surface area contributed by atoms with Crippen molar-refractivity contribution in [3.63, 3.8) is 0 Å². The Morgan fingerprint density at radius 1 is 1.10 bits per heavy atom. The van der Waals surface area contributed by atoms with Gasteiger partial charge in [-0.05, 0) is 45.4 Å². The number of benzene rings is 2. The maximum absolute atomic E-state index is 12.4. The third-order valence-electron chi connectivity index (χ3n) is 6.10. The molecule has 4 rings (SSSR count). The fraction of sp³-hybridized carbons (Fsp3) is 0.321. The van der Waals surface area contributed by atoms with Gasteiger partial charge in [-0.2, -0.15) is 4.98 Å². The molecular weight excluding hydrogens is 518 g/mol. The monoisotopic (exact) mass is 551 g/mol. The third kappa shape index (κ3) is 7.82. The number of anilines is 4. The minimum absolute atomic E-state index is 0.145. The number of hydrogen-bond acceptors (Lipinski definition) is 9. The zero-order valence-corrected chi connectivity index (χ0v) is 23.4. The molecule has 1 fully saturated rings. The van der Waals surface area contributed by atoms with Crippen LogP contribution in [0.2, 0.25) is 5.02 Å². The van der Waals surface area contributed by atoms with Gasteiger partial charge in [0.25, 0.3) is 0 Å². The molecule has 3 aromatic rings. The maximum atomic E-state index is 12.4. The minimum Gasteiger partial charge on any atom is -0.494 e. The van der Waals surface area contributed by atoms with Crippen molar-refractivity contribution in [1.29, 1.82) is 0 Å². The van der Waals surface area contributed by atoms with Crippen LogP contribution in [0.15, 0.2) is 60.8 Å². The maximum Gasteiger partial charge on any atom is 0.248 e. The van der Waals surface area contributed by atoms with Crippen molar-refractivity contribution in [2.24, 2.45) is 0 Å². The van der Waals surface area contributed by atoms with Crippen molar-refractivity contribution in [3.8, 4) is 17.4 Å². The number of piperazine rings is 1. The summed E-state index contributed by atoms with van der Waals surface area (Å²) in [6, 6.07) is 13.1. The fourth-order valence-corrected chi connectivity index (χ4v) is 4.09. The van der Waals surface area contributed by atoms with Crippen molar-refractivity contribution in [2.45, 2.75) is 0 Å². The number of ether oxygens (including phenoxy) is 2. The predicted molar refractivity (Wildman–Crippen MR) is 156 cm³/mol. The summed E-state index contributed by atoms with van der Waals surface area (Å²) in [7, 11) is 7.63. The largest absolute Gasteiger partial charge is 0.494 e. The molecule has 0 spiro atoms. The topological polar surface area (TPSA) is 95.1 Å². The van der Waals surface area contributed by atoms with Gasteiger partial charge in [0.15, 0.2) is 5.75 Å². The van der Waals surface area contributed by atoms with Crippen LogP contribution in [-0.4, -0.2) is 86.7 Å². The molecule has 0 unspecified atom stereocenters. The molecule has 1 aliphatic heterocycles. The van der Waals surface area contributed by atoms with Crippen LogP contribution in [-0.2, 0) is 4.79 Å². The zero-order valence-electron chi connectivity index (χ0n) is 22.6. The summed E-state index contributed by atoms with van der Waals surface area (Å²) in [4.78, 5) is 27.8. The van der Waals surface area contributed by atoms with Gasteiger partial charge in [-0.1, -0.05) is 29.8 Å². The molecule has 0 bridgehead atoms. The number of halogens is 1. The van der Waals surface area contributed by atoms with Crippen molar-refractivity contribution in [3.05, 3.63) is 65.8 Å². The summed E-state index contributed by atoms with van der Waals surface area (Å²) < 4.78 is 11.7. The second-order valence-corrected chi connectivity index (χ2v) is 9.81. The average molecular weight is 552 g/mol. The van der Waals surface area contributed by atoms with Gasteiger partial charge in [-0.15, -0.1) is 0 Å². The van der Waals surface area contributed by atoms with E-state index in [0.717, 1.165) is 31.9 Å². The summed E-state index contributed by atoms with van der Waals surface area (Å²) >= 11 is 6.37. The zero-order chi connectivity index (χ0) is 27.8. The van der Waals surface area contributed by atoms with E-state index in [2.05, 4.69) is 43.5 Å². The van der Waals surface area contributed by atoms with Crippen LogP contribution >= 0.6 is 11.6 Å². The molecule has 1 aliphatic rings. The molecule has 2 N–H and O–H groups in total. The van der Waals surface area contributed by atoms with Crippen LogP contribution in [0.3, 0.4) is 0 Å². The van der Waals surface area contributed by atoms with E-state index in [4.69, 9.17) is 21.1 Å². The van der Waals surface area contributed by atoms with Gasteiger partial charge in [0.1, 0.15) is 10.8 Å². The molecule has 1 aromatic heterocycles. The number of para-hydroxylation sites is 2. The number of amides is 1. The third-order valence-corrected chi connectivity index (χ3v) is 6.36. The number of hydrogen-bond donors (Lipinski definition) is 2. The number of likely N-dealkylation sites (N-methyl/N-ethyl adjacent to an activating group) is 2. The summed E-state index contributed by atoms with van der Waals surface area (Å²) in [6.07, 6.45) is 4.73. The lowest BCUT2D eigenvalue weighted by Crippen LogP contribution is -2.44. The summed E-state index contributed by atoms with van der Waals surface area (Å²) in [5.41, 5.74) is 2.30. The van der Waals surface area contributed by atoms with Crippen molar-refractivity contribution >= 4 is 40.5 Å². The first-order chi connectivity index (χ1) is 18.8. The fourth-order valence-electron chi connectivity index (χ4n) is 3.96. The quantitative estimate of drug-likeness (QED) is 0.353. The Hall–Kier alpha value is -3.86. The second kappa shape index (κ2) is 13.3. The molecule has 0 saturated carbocycles. The van der Waals surface area contributed by atoms with Crippen LogP contribution in [0, 0.1) is 0 Å². The summed E-state index contributed by atoms with van der Waals surface area (Å²) in [6.45, 7) is 4.61. The summed E-state index contributed by atoms with van der Waals surface area (Å²) in [5.74, 6) is 1.23. The number of carbonyl (C=O) groups is 1. The standard InChI is InChI=1S/C28H34ClN7O3/c1-34(2)13-7-10-26(37)31-22-8-5-6-9-24(22)39-27-21(29)19-30-28(33-27)32-23-12-11-20(18-25(23)38-4)36-16-14-35(3)15-17-36/h5-12,18-19H,13-17H2,1-4H3,(H,31,37)(H,30,32,33)/b10-7+. The molecule has 2 heterocycles. The Bertz CT molecular complexity index is 1310. The van der Waals surface area contributed by atoms with Crippen molar-refractivity contribution < 1.29 is 14.3 Å². The molecule has 0 radical (unpaired) electrons. The molecule has 39 heavy (non-hydrogen) atoms. The highest BCUT2D eigenvalue weighted by molar-refractivity contribution is 6.31. The van der Waals surface area contributed by atoms with Crippen molar-refractivity contribution in [2.75, 3.05) is 76.5 Å². The first kappa shape index (κ1) is 28.2. The molecule has 206 valence electrons. The van der Waals surface area contributed by atoms with E-state index in [1.165, 1.54) is 12.3 Å². The number of nitrogens with zero attached hydrogens (tertiary/aromatic N) is 5. The smallest absolute Gasteiger partial charge is 0.248 e. The first-order valence-corrected chi connectivity index (χ1v) is 13.0. The van der Waals surface area contributed by atoms with Gasteiger partial charge >= 0.3 is 0 Å². The Balaban J connectivity index is 1.49.